The number of hydrogen-bond donors (Lipinski definition) is 0. The summed E-state index contributed by atoms with van der Waals surface area (Å²) in [5.74, 6) is 0. The van der Waals surface area contributed by atoms with E-state index in [-0.39, 0.29) is 0 Å². The molecular formula is C46H46. The lowest BCUT2D eigenvalue weighted by Crippen LogP contribution is -2.30. The van der Waals surface area contributed by atoms with Crippen molar-refractivity contribution in [2.45, 2.75) is 94.9 Å². The van der Waals surface area contributed by atoms with Gasteiger partial charge in [0.1, 0.15) is 0 Å². The van der Waals surface area contributed by atoms with Gasteiger partial charge in [0.25, 0.3) is 0 Å². The fourth-order valence-corrected chi connectivity index (χ4v) is 9.52. The molecule has 46 heavy (non-hydrogen) atoms. The Morgan fingerprint density at radius 1 is 0.457 bits per heavy atom. The maximum atomic E-state index is 9.26. The molecule has 0 amide bonds. The van der Waals surface area contributed by atoms with E-state index in [1.165, 1.54) is 106 Å². The number of fused-ring (bicyclic) bond motifs is 13. The Morgan fingerprint density at radius 3 is 1.43 bits per heavy atom. The van der Waals surface area contributed by atoms with E-state index < -0.39 is 11.8 Å². The molecule has 0 nitrogen and oxygen atoms in total. The van der Waals surface area contributed by atoms with Gasteiger partial charge in [0.2, 0.25) is 0 Å². The molecule has 0 aromatic heterocycles. The third-order valence-corrected chi connectivity index (χ3v) is 13.0. The SMILES string of the molecule is [3H]C1([3H])c2ccccc2-c2c1ccc1c2C=CC12c1c(C)c(C)c(C)c(C)c1-c1c(C)c(C)c(C)c(C)c1-c1c(C)c(C)c(C)c(C)c12. The molecule has 230 valence electrons. The third kappa shape index (κ3) is 3.26. The van der Waals surface area contributed by atoms with Crippen LogP contribution in [0.4, 0.5) is 0 Å². The maximum Gasteiger partial charge on any atom is 0.0658 e. The van der Waals surface area contributed by atoms with E-state index in [4.69, 9.17) is 0 Å². The predicted molar refractivity (Wildman–Crippen MR) is 198 cm³/mol. The second-order valence-electron chi connectivity index (χ2n) is 14.5. The summed E-state index contributed by atoms with van der Waals surface area (Å²) in [6.07, 6.45) is 3.31. The fourth-order valence-electron chi connectivity index (χ4n) is 9.52. The second kappa shape index (κ2) is 9.45. The smallest absolute Gasteiger partial charge is 0.0645 e. The fraction of sp³-hybridized carbons (Fsp3) is 0.304. The second-order valence-corrected chi connectivity index (χ2v) is 14.5. The minimum absolute atomic E-state index is 0.556. The normalized spacial score (nSPS) is 16.3. The molecule has 3 aliphatic carbocycles. The van der Waals surface area contributed by atoms with Crippen LogP contribution in [-0.4, -0.2) is 0 Å². The van der Waals surface area contributed by atoms with E-state index in [1.54, 1.807) is 0 Å². The van der Waals surface area contributed by atoms with Crippen molar-refractivity contribution < 1.29 is 2.74 Å². The van der Waals surface area contributed by atoms with Crippen LogP contribution in [0.15, 0.2) is 42.5 Å². The molecule has 0 aliphatic heterocycles. The van der Waals surface area contributed by atoms with Gasteiger partial charge in [0.05, 0.1) is 5.41 Å². The molecule has 8 rings (SSSR count). The molecule has 5 aromatic rings. The van der Waals surface area contributed by atoms with Gasteiger partial charge >= 0.3 is 0 Å². The molecule has 0 fully saturated rings. The zero-order valence-electron chi connectivity index (χ0n) is 31.6. The van der Waals surface area contributed by atoms with Crippen LogP contribution in [0.25, 0.3) is 39.5 Å². The Morgan fingerprint density at radius 2 is 0.913 bits per heavy atom. The highest BCUT2D eigenvalue weighted by Gasteiger charge is 2.49. The van der Waals surface area contributed by atoms with E-state index >= 15 is 0 Å². The summed E-state index contributed by atoms with van der Waals surface area (Å²) in [5, 5.41) is 0. The van der Waals surface area contributed by atoms with Crippen LogP contribution in [0.3, 0.4) is 0 Å². The van der Waals surface area contributed by atoms with Gasteiger partial charge in [-0.2, -0.15) is 0 Å². The molecule has 0 unspecified atom stereocenters. The Balaban J connectivity index is 1.69. The molecule has 0 heterocycles. The molecule has 0 saturated heterocycles. The molecule has 0 saturated carbocycles. The van der Waals surface area contributed by atoms with Crippen LogP contribution in [0.2, 0.25) is 0 Å². The zero-order chi connectivity index (χ0) is 34.5. The van der Waals surface area contributed by atoms with Crippen molar-refractivity contribution in [2.24, 2.45) is 0 Å². The van der Waals surface area contributed by atoms with Crippen LogP contribution >= 0.6 is 0 Å². The lowest BCUT2D eigenvalue weighted by Gasteiger charge is -2.38. The highest BCUT2D eigenvalue weighted by molar-refractivity contribution is 6.02. The molecule has 5 aromatic carbocycles. The van der Waals surface area contributed by atoms with Crippen molar-refractivity contribution in [1.29, 1.82) is 0 Å². The minimum Gasteiger partial charge on any atom is -0.0645 e. The molecule has 3 aliphatic rings. The largest absolute Gasteiger partial charge is 0.0658 e. The van der Waals surface area contributed by atoms with Crippen LogP contribution in [0.5, 0.6) is 0 Å². The number of benzene rings is 5. The topological polar surface area (TPSA) is 0 Å². The van der Waals surface area contributed by atoms with Gasteiger partial charge in [-0.3, -0.25) is 0 Å². The van der Waals surface area contributed by atoms with Gasteiger partial charge in [-0.15, -0.1) is 0 Å². The Kier molecular flexibility index (Phi) is 5.54. The summed E-state index contributed by atoms with van der Waals surface area (Å²) in [6, 6.07) is 12.5. The first kappa shape index (κ1) is 27.0. The predicted octanol–water partition coefficient (Wildman–Crippen LogP) is 12.0. The lowest BCUT2D eigenvalue weighted by molar-refractivity contribution is 0.777. The van der Waals surface area contributed by atoms with Crippen molar-refractivity contribution in [2.75, 3.05) is 0 Å². The summed E-state index contributed by atoms with van der Waals surface area (Å²) in [5.41, 5.74) is 30.2. The summed E-state index contributed by atoms with van der Waals surface area (Å²) in [7, 11) is 0. The molecule has 0 bridgehead atoms. The Bertz CT molecular complexity index is 2270. The highest BCUT2D eigenvalue weighted by atomic mass is 14.5. The minimum atomic E-state index is -1.54. The van der Waals surface area contributed by atoms with Gasteiger partial charge in [-0.05, 0) is 223 Å². The van der Waals surface area contributed by atoms with Gasteiger partial charge in [-0.25, -0.2) is 0 Å². The first-order chi connectivity index (χ1) is 22.6. The highest BCUT2D eigenvalue weighted by Crippen LogP contribution is 2.62. The van der Waals surface area contributed by atoms with Crippen molar-refractivity contribution >= 4 is 6.08 Å². The quantitative estimate of drug-likeness (QED) is 0.165. The van der Waals surface area contributed by atoms with Crippen molar-refractivity contribution in [3.05, 3.63) is 143 Å². The van der Waals surface area contributed by atoms with Crippen LogP contribution in [0, 0.1) is 83.1 Å². The average Bonchev–Trinajstić information content (AvgIpc) is 3.52. The molecule has 0 atom stereocenters. The van der Waals surface area contributed by atoms with E-state index in [0.717, 1.165) is 27.8 Å². The first-order valence-electron chi connectivity index (χ1n) is 17.9. The number of allylic oxidation sites excluding steroid dienone is 1. The number of hydrogen-bond acceptors (Lipinski definition) is 0. The van der Waals surface area contributed by atoms with Crippen LogP contribution in [0.1, 0.15) is 103 Å². The molecule has 0 N–H and O–H groups in total. The monoisotopic (exact) mass is 602 g/mol. The zero-order valence-corrected chi connectivity index (χ0v) is 29.6. The number of rotatable bonds is 0. The van der Waals surface area contributed by atoms with Gasteiger partial charge in [-0.1, -0.05) is 48.6 Å². The average molecular weight is 603 g/mol. The molecule has 0 radical (unpaired) electrons. The third-order valence-electron chi connectivity index (χ3n) is 13.0. The summed E-state index contributed by atoms with van der Waals surface area (Å²) >= 11 is 0. The van der Waals surface area contributed by atoms with Crippen molar-refractivity contribution in [1.82, 2.24) is 0 Å². The molecular weight excluding hydrogens is 553 g/mol. The van der Waals surface area contributed by atoms with E-state index in [2.05, 4.69) is 120 Å². The van der Waals surface area contributed by atoms with Crippen molar-refractivity contribution in [3.8, 4) is 33.4 Å². The molecule has 0 heteroatoms. The standard InChI is InChI=1S/C46H46/c1-22-23(2)29(8)40-39(28(22)7)41-30(9)24(3)26(5)32(11)44(41)46(45-33(12)27(6)25(4)31(10)42(40)45)20-19-37-38(46)18-17-35-21-34-15-13-14-16-36(34)43(35)37/h13-20H,21H2,1-12H3/i21T2. The van der Waals surface area contributed by atoms with Crippen LogP contribution in [-0.2, 0) is 11.8 Å². The van der Waals surface area contributed by atoms with E-state index in [0.29, 0.717) is 0 Å². The van der Waals surface area contributed by atoms with Crippen LogP contribution < -0.4 is 0 Å². The summed E-state index contributed by atoms with van der Waals surface area (Å²) in [4.78, 5) is 0. The molecule has 1 spiro atoms. The van der Waals surface area contributed by atoms with Gasteiger partial charge in [0.15, 0.2) is 0 Å². The van der Waals surface area contributed by atoms with E-state index in [9.17, 15) is 2.74 Å². The summed E-state index contributed by atoms with van der Waals surface area (Å²) in [6.45, 7) is 27.9. The van der Waals surface area contributed by atoms with Crippen molar-refractivity contribution in [3.63, 3.8) is 0 Å². The Labute approximate surface area is 279 Å². The van der Waals surface area contributed by atoms with Gasteiger partial charge in [0, 0.05) is 2.74 Å². The lowest BCUT2D eigenvalue weighted by atomic mass is 9.63. The summed E-state index contributed by atoms with van der Waals surface area (Å²) < 4.78 is 18.5. The first-order valence-corrected chi connectivity index (χ1v) is 16.9. The maximum absolute atomic E-state index is 9.26. The Hall–Kier alpha value is -4.16. The van der Waals surface area contributed by atoms with E-state index in [1.807, 2.05) is 12.1 Å². The van der Waals surface area contributed by atoms with Gasteiger partial charge < -0.3 is 0 Å².